The maximum Gasteiger partial charge on any atom is 0.358 e. The largest absolute Gasteiger partial charge is 0.461 e. The molecule has 0 atom stereocenters. The number of ether oxygens (including phenoxy) is 1. The molecule has 5 heteroatoms. The lowest BCUT2D eigenvalue weighted by Gasteiger charge is -1.95. The second-order valence-electron chi connectivity index (χ2n) is 2.92. The van der Waals surface area contributed by atoms with Gasteiger partial charge in [0.15, 0.2) is 5.69 Å². The molecule has 0 saturated carbocycles. The minimum atomic E-state index is -0.395. The molecule has 0 aromatic carbocycles. The number of halogens is 1. The Labute approximate surface area is 109 Å². The van der Waals surface area contributed by atoms with E-state index < -0.39 is 5.97 Å². The number of aromatic nitrogens is 2. The Morgan fingerprint density at radius 3 is 2.76 bits per heavy atom. The summed E-state index contributed by atoms with van der Waals surface area (Å²) in [4.78, 5) is 15.6. The average molecular weight is 299 g/mol. The van der Waals surface area contributed by atoms with Gasteiger partial charge in [-0.2, -0.15) is 0 Å². The standard InChI is InChI=1S/C10H9BrN2O2.C2H6/c1-2-15-10(14)7-6-13-8(11)4-3-5-9(13)12-7;1-2/h3-6H,2H2,1H3;1-2H3. The topological polar surface area (TPSA) is 43.6 Å². The Morgan fingerprint density at radius 1 is 1.47 bits per heavy atom. The van der Waals surface area contributed by atoms with E-state index in [1.807, 2.05) is 32.0 Å². The van der Waals surface area contributed by atoms with Crippen LogP contribution in [0.1, 0.15) is 31.3 Å². The van der Waals surface area contributed by atoms with Gasteiger partial charge in [-0.3, -0.25) is 4.40 Å². The molecule has 0 saturated heterocycles. The fraction of sp³-hybridized carbons (Fsp3) is 0.333. The number of hydrogen-bond acceptors (Lipinski definition) is 3. The number of rotatable bonds is 2. The maximum atomic E-state index is 11.4. The van der Waals surface area contributed by atoms with Crippen LogP contribution >= 0.6 is 15.9 Å². The van der Waals surface area contributed by atoms with Crippen molar-refractivity contribution in [3.8, 4) is 0 Å². The highest BCUT2D eigenvalue weighted by Gasteiger charge is 2.11. The van der Waals surface area contributed by atoms with Crippen LogP contribution < -0.4 is 0 Å². The Bertz CT molecular complexity index is 508. The quantitative estimate of drug-likeness (QED) is 0.631. The molecule has 0 unspecified atom stereocenters. The van der Waals surface area contributed by atoms with Crippen molar-refractivity contribution in [3.05, 3.63) is 34.7 Å². The lowest BCUT2D eigenvalue weighted by molar-refractivity contribution is 0.0520. The monoisotopic (exact) mass is 298 g/mol. The van der Waals surface area contributed by atoms with E-state index in [0.717, 1.165) is 4.60 Å². The first-order valence-corrected chi connectivity index (χ1v) is 6.32. The SMILES string of the molecule is CC.CCOC(=O)c1cn2c(Br)cccc2n1. The van der Waals surface area contributed by atoms with Crippen molar-refractivity contribution in [3.63, 3.8) is 0 Å². The smallest absolute Gasteiger partial charge is 0.358 e. The summed E-state index contributed by atoms with van der Waals surface area (Å²) >= 11 is 3.37. The normalized spacial score (nSPS) is 9.65. The van der Waals surface area contributed by atoms with Crippen molar-refractivity contribution in [2.75, 3.05) is 6.61 Å². The predicted molar refractivity (Wildman–Crippen MR) is 70.2 cm³/mol. The number of esters is 1. The molecule has 0 fully saturated rings. The van der Waals surface area contributed by atoms with Gasteiger partial charge in [-0.1, -0.05) is 19.9 Å². The zero-order valence-corrected chi connectivity index (χ0v) is 11.7. The molecule has 0 spiro atoms. The third kappa shape index (κ3) is 3.06. The van der Waals surface area contributed by atoms with E-state index in [9.17, 15) is 4.79 Å². The molecule has 0 N–H and O–H groups in total. The van der Waals surface area contributed by atoms with Crippen molar-refractivity contribution in [1.82, 2.24) is 9.38 Å². The highest BCUT2D eigenvalue weighted by atomic mass is 79.9. The van der Waals surface area contributed by atoms with Gasteiger partial charge >= 0.3 is 5.97 Å². The fourth-order valence-electron chi connectivity index (χ4n) is 1.28. The van der Waals surface area contributed by atoms with E-state index in [-0.39, 0.29) is 0 Å². The molecule has 0 aliphatic rings. The molecule has 2 rings (SSSR count). The molecule has 2 aromatic heterocycles. The Morgan fingerprint density at radius 2 is 2.18 bits per heavy atom. The number of fused-ring (bicyclic) bond motifs is 1. The number of nitrogens with zero attached hydrogens (tertiary/aromatic N) is 2. The minimum absolute atomic E-state index is 0.323. The van der Waals surface area contributed by atoms with Crippen LogP contribution in [0.3, 0.4) is 0 Å². The van der Waals surface area contributed by atoms with Gasteiger partial charge in [0.1, 0.15) is 5.65 Å². The first kappa shape index (κ1) is 13.7. The van der Waals surface area contributed by atoms with Crippen LogP contribution in [0.4, 0.5) is 0 Å². The van der Waals surface area contributed by atoms with Crippen molar-refractivity contribution in [1.29, 1.82) is 0 Å². The highest BCUT2D eigenvalue weighted by molar-refractivity contribution is 9.10. The average Bonchev–Trinajstić information content (AvgIpc) is 2.77. The summed E-state index contributed by atoms with van der Waals surface area (Å²) in [5.74, 6) is -0.395. The van der Waals surface area contributed by atoms with Crippen molar-refractivity contribution in [2.24, 2.45) is 0 Å². The fourth-order valence-corrected chi connectivity index (χ4v) is 1.72. The van der Waals surface area contributed by atoms with Gasteiger partial charge in [0.05, 0.1) is 11.2 Å². The second-order valence-corrected chi connectivity index (χ2v) is 3.74. The van der Waals surface area contributed by atoms with Crippen molar-refractivity contribution in [2.45, 2.75) is 20.8 Å². The van der Waals surface area contributed by atoms with Crippen LogP contribution in [0.5, 0.6) is 0 Å². The summed E-state index contributed by atoms with van der Waals surface area (Å²) in [7, 11) is 0. The third-order valence-electron chi connectivity index (χ3n) is 1.93. The molecule has 2 heterocycles. The molecular weight excluding hydrogens is 284 g/mol. The molecule has 0 aliphatic carbocycles. The first-order valence-electron chi connectivity index (χ1n) is 5.53. The summed E-state index contributed by atoms with van der Waals surface area (Å²) in [6, 6.07) is 5.57. The van der Waals surface area contributed by atoms with E-state index in [4.69, 9.17) is 4.74 Å². The lowest BCUT2D eigenvalue weighted by Crippen LogP contribution is -2.04. The predicted octanol–water partition coefficient (Wildman–Crippen LogP) is 3.30. The second kappa shape index (κ2) is 6.39. The molecule has 0 amide bonds. The molecule has 0 bridgehead atoms. The highest BCUT2D eigenvalue weighted by Crippen LogP contribution is 2.14. The summed E-state index contributed by atoms with van der Waals surface area (Å²) < 4.78 is 7.50. The molecular formula is C12H15BrN2O2. The summed E-state index contributed by atoms with van der Waals surface area (Å²) in [5.41, 5.74) is 1.04. The molecule has 0 radical (unpaired) electrons. The Hall–Kier alpha value is -1.36. The summed E-state index contributed by atoms with van der Waals surface area (Å²) in [6.45, 7) is 6.12. The number of hydrogen-bond donors (Lipinski definition) is 0. The van der Waals surface area contributed by atoms with Crippen molar-refractivity contribution < 1.29 is 9.53 Å². The Balaban J connectivity index is 0.000000686. The van der Waals surface area contributed by atoms with Crippen LogP contribution in [0.2, 0.25) is 0 Å². The maximum absolute atomic E-state index is 11.4. The molecule has 0 aliphatic heterocycles. The number of imidazole rings is 1. The van der Waals surface area contributed by atoms with E-state index in [2.05, 4.69) is 20.9 Å². The van der Waals surface area contributed by atoms with Gasteiger partial charge in [0.2, 0.25) is 0 Å². The van der Waals surface area contributed by atoms with E-state index in [0.29, 0.717) is 17.9 Å². The molecule has 4 nitrogen and oxygen atoms in total. The number of pyridine rings is 1. The van der Waals surface area contributed by atoms with Gasteiger partial charge in [-0.15, -0.1) is 0 Å². The van der Waals surface area contributed by atoms with Gasteiger partial charge in [-0.05, 0) is 35.0 Å². The summed E-state index contributed by atoms with van der Waals surface area (Å²) in [6.07, 6.45) is 1.65. The van der Waals surface area contributed by atoms with E-state index in [1.165, 1.54) is 0 Å². The molecule has 2 aromatic rings. The van der Waals surface area contributed by atoms with Crippen LogP contribution in [0.15, 0.2) is 29.0 Å². The number of carbonyl (C=O) groups excluding carboxylic acids is 1. The van der Waals surface area contributed by atoms with Crippen LogP contribution in [-0.2, 0) is 4.74 Å². The lowest BCUT2D eigenvalue weighted by atomic mass is 10.5. The van der Waals surface area contributed by atoms with E-state index in [1.54, 1.807) is 17.5 Å². The van der Waals surface area contributed by atoms with E-state index >= 15 is 0 Å². The van der Waals surface area contributed by atoms with Crippen LogP contribution in [0, 0.1) is 0 Å². The number of carbonyl (C=O) groups is 1. The zero-order valence-electron chi connectivity index (χ0n) is 10.1. The Kier molecular flexibility index (Phi) is 5.15. The van der Waals surface area contributed by atoms with Gasteiger partial charge < -0.3 is 4.74 Å². The molecule has 92 valence electrons. The summed E-state index contributed by atoms with van der Waals surface area (Å²) in [5, 5.41) is 0. The minimum Gasteiger partial charge on any atom is -0.461 e. The first-order chi connectivity index (χ1) is 8.22. The van der Waals surface area contributed by atoms with Gasteiger partial charge in [0, 0.05) is 6.20 Å². The van der Waals surface area contributed by atoms with Gasteiger partial charge in [0.25, 0.3) is 0 Å². The zero-order chi connectivity index (χ0) is 12.8. The van der Waals surface area contributed by atoms with Crippen LogP contribution in [0.25, 0.3) is 5.65 Å². The van der Waals surface area contributed by atoms with Crippen LogP contribution in [-0.4, -0.2) is 22.0 Å². The van der Waals surface area contributed by atoms with Gasteiger partial charge in [-0.25, -0.2) is 9.78 Å². The molecule has 17 heavy (non-hydrogen) atoms. The van der Waals surface area contributed by atoms with Crippen molar-refractivity contribution >= 4 is 27.5 Å². The third-order valence-corrected chi connectivity index (χ3v) is 2.57.